The van der Waals surface area contributed by atoms with Crippen LogP contribution in [0, 0.1) is 6.92 Å². The van der Waals surface area contributed by atoms with Crippen LogP contribution in [0.25, 0.3) is 10.2 Å². The number of nitrogens with one attached hydrogen (secondary N) is 1. The van der Waals surface area contributed by atoms with Crippen LogP contribution in [0.3, 0.4) is 0 Å². The number of carbonyl (C=O) groups excluding carboxylic acids is 2. The molecule has 0 aromatic carbocycles. The maximum Gasteiger partial charge on any atom is 0.267 e. The minimum absolute atomic E-state index is 0.0352. The molecule has 29 heavy (non-hydrogen) atoms. The monoisotopic (exact) mass is 411 g/mol. The van der Waals surface area contributed by atoms with Gasteiger partial charge in [-0.1, -0.05) is 6.07 Å². The molecule has 3 aromatic heterocycles. The van der Waals surface area contributed by atoms with E-state index in [1.807, 2.05) is 0 Å². The van der Waals surface area contributed by atoms with E-state index in [4.69, 9.17) is 0 Å². The smallest absolute Gasteiger partial charge is 0.267 e. The van der Waals surface area contributed by atoms with E-state index >= 15 is 0 Å². The quantitative estimate of drug-likeness (QED) is 0.711. The fourth-order valence-corrected chi connectivity index (χ4v) is 4.52. The highest BCUT2D eigenvalue weighted by Crippen LogP contribution is 2.27. The number of aryl methyl sites for hydroxylation is 1. The van der Waals surface area contributed by atoms with Gasteiger partial charge in [-0.05, 0) is 43.9 Å². The first-order valence-electron chi connectivity index (χ1n) is 9.53. The zero-order valence-electron chi connectivity index (χ0n) is 16.1. The Labute approximate surface area is 171 Å². The van der Waals surface area contributed by atoms with Gasteiger partial charge >= 0.3 is 0 Å². The van der Waals surface area contributed by atoms with Gasteiger partial charge < -0.3 is 10.2 Å². The molecule has 0 unspecified atom stereocenters. The van der Waals surface area contributed by atoms with E-state index in [0.29, 0.717) is 26.5 Å². The van der Waals surface area contributed by atoms with Gasteiger partial charge in [0.1, 0.15) is 17.2 Å². The van der Waals surface area contributed by atoms with Crippen LogP contribution >= 0.6 is 11.3 Å². The van der Waals surface area contributed by atoms with Crippen molar-refractivity contribution >= 4 is 39.2 Å². The lowest BCUT2D eigenvalue weighted by molar-refractivity contribution is -0.132. The molecule has 1 aliphatic heterocycles. The first-order chi connectivity index (χ1) is 14.0. The number of hydrogen-bond donors (Lipinski definition) is 1. The van der Waals surface area contributed by atoms with Gasteiger partial charge in [-0.25, -0.2) is 9.97 Å². The molecule has 0 saturated carbocycles. The van der Waals surface area contributed by atoms with Crippen LogP contribution in [0.15, 0.2) is 35.5 Å². The second-order valence-corrected chi connectivity index (χ2v) is 8.02. The van der Waals surface area contributed by atoms with E-state index in [9.17, 15) is 14.4 Å². The Hall–Kier alpha value is -3.07. The number of thiophene rings is 1. The van der Waals surface area contributed by atoms with Crippen LogP contribution in [0.1, 0.15) is 34.5 Å². The SMILES string of the molecule is Cc1c(C(=O)Nc2ccccn2)sc2ncn(CC(=O)N3CCCCC3)c(=O)c12. The molecule has 0 atom stereocenters. The van der Waals surface area contributed by atoms with Crippen molar-refractivity contribution in [1.82, 2.24) is 19.4 Å². The van der Waals surface area contributed by atoms with E-state index in [2.05, 4.69) is 15.3 Å². The number of likely N-dealkylation sites (tertiary alicyclic amines) is 1. The molecule has 0 spiro atoms. The maximum absolute atomic E-state index is 13.0. The van der Waals surface area contributed by atoms with Crippen molar-refractivity contribution in [3.8, 4) is 0 Å². The highest BCUT2D eigenvalue weighted by atomic mass is 32.1. The molecule has 0 bridgehead atoms. The minimum Gasteiger partial charge on any atom is -0.341 e. The third kappa shape index (κ3) is 3.91. The second kappa shape index (κ2) is 8.12. The summed E-state index contributed by atoms with van der Waals surface area (Å²) in [5.74, 6) is 0.0281. The van der Waals surface area contributed by atoms with Gasteiger partial charge in [0.2, 0.25) is 5.91 Å². The molecule has 2 amide bonds. The number of aromatic nitrogens is 3. The molecule has 3 aromatic rings. The van der Waals surface area contributed by atoms with E-state index in [1.165, 1.54) is 10.9 Å². The molecule has 4 rings (SSSR count). The summed E-state index contributed by atoms with van der Waals surface area (Å²) in [6, 6.07) is 5.23. The van der Waals surface area contributed by atoms with Crippen molar-refractivity contribution in [1.29, 1.82) is 0 Å². The molecule has 150 valence electrons. The largest absolute Gasteiger partial charge is 0.341 e. The lowest BCUT2D eigenvalue weighted by Gasteiger charge is -2.26. The maximum atomic E-state index is 13.0. The normalized spacial score (nSPS) is 14.2. The number of amides is 2. The molecule has 0 aliphatic carbocycles. The first-order valence-corrected chi connectivity index (χ1v) is 10.3. The number of pyridine rings is 1. The van der Waals surface area contributed by atoms with Crippen LogP contribution in [-0.2, 0) is 11.3 Å². The number of rotatable bonds is 4. The van der Waals surface area contributed by atoms with Gasteiger partial charge in [0.15, 0.2) is 0 Å². The van der Waals surface area contributed by atoms with Crippen molar-refractivity contribution in [2.75, 3.05) is 18.4 Å². The Bertz CT molecular complexity index is 1120. The third-order valence-electron chi connectivity index (χ3n) is 5.04. The molecule has 1 aliphatic rings. The van der Waals surface area contributed by atoms with Crippen LogP contribution < -0.4 is 10.9 Å². The molecular weight excluding hydrogens is 390 g/mol. The number of piperidine rings is 1. The zero-order valence-corrected chi connectivity index (χ0v) is 16.9. The average Bonchev–Trinajstić information content (AvgIpc) is 3.08. The first kappa shape index (κ1) is 19.3. The fourth-order valence-electron chi connectivity index (χ4n) is 3.49. The van der Waals surface area contributed by atoms with E-state index in [-0.39, 0.29) is 23.9 Å². The predicted molar refractivity (Wildman–Crippen MR) is 111 cm³/mol. The number of anilines is 1. The molecule has 0 radical (unpaired) electrons. The van der Waals surface area contributed by atoms with Gasteiger partial charge in [0.25, 0.3) is 11.5 Å². The molecule has 4 heterocycles. The molecular formula is C20H21N5O3S. The predicted octanol–water partition coefficient (Wildman–Crippen LogP) is 2.43. The van der Waals surface area contributed by atoms with Gasteiger partial charge in [-0.15, -0.1) is 11.3 Å². The van der Waals surface area contributed by atoms with Gasteiger partial charge in [-0.3, -0.25) is 19.0 Å². The standard InChI is InChI=1S/C20H21N5O3S/c1-13-16-19(29-17(13)18(27)23-14-7-3-4-8-21-14)22-12-25(20(16)28)11-15(26)24-9-5-2-6-10-24/h3-4,7-8,12H,2,5-6,9-11H2,1H3,(H,21,23,27). The Balaban J connectivity index is 1.61. The van der Waals surface area contributed by atoms with Crippen LogP contribution in [0.5, 0.6) is 0 Å². The summed E-state index contributed by atoms with van der Waals surface area (Å²) in [7, 11) is 0. The van der Waals surface area contributed by atoms with Crippen molar-refractivity contribution in [3.63, 3.8) is 0 Å². The van der Waals surface area contributed by atoms with Crippen LogP contribution in [-0.4, -0.2) is 44.3 Å². The van der Waals surface area contributed by atoms with Crippen molar-refractivity contribution in [2.45, 2.75) is 32.7 Å². The highest BCUT2D eigenvalue weighted by Gasteiger charge is 2.22. The summed E-state index contributed by atoms with van der Waals surface area (Å²) in [4.78, 5) is 49.3. The number of nitrogens with zero attached hydrogens (tertiary/aromatic N) is 4. The van der Waals surface area contributed by atoms with Gasteiger partial charge in [0, 0.05) is 19.3 Å². The Morgan fingerprint density at radius 2 is 1.97 bits per heavy atom. The minimum atomic E-state index is -0.334. The summed E-state index contributed by atoms with van der Waals surface area (Å²) in [5.41, 5.74) is 0.265. The molecule has 8 nitrogen and oxygen atoms in total. The van der Waals surface area contributed by atoms with Crippen molar-refractivity contribution in [3.05, 3.63) is 51.5 Å². The molecule has 9 heteroatoms. The fraction of sp³-hybridized carbons (Fsp3) is 0.350. The summed E-state index contributed by atoms with van der Waals surface area (Å²) in [6.07, 6.45) is 6.11. The summed E-state index contributed by atoms with van der Waals surface area (Å²) < 4.78 is 1.33. The second-order valence-electron chi connectivity index (χ2n) is 7.02. The molecule has 1 fully saturated rings. The lowest BCUT2D eigenvalue weighted by Crippen LogP contribution is -2.39. The summed E-state index contributed by atoms with van der Waals surface area (Å²) >= 11 is 1.16. The highest BCUT2D eigenvalue weighted by molar-refractivity contribution is 7.20. The lowest BCUT2D eigenvalue weighted by atomic mass is 10.1. The van der Waals surface area contributed by atoms with E-state index in [0.717, 1.165) is 43.7 Å². The number of fused-ring (bicyclic) bond motifs is 1. The Morgan fingerprint density at radius 1 is 1.17 bits per heavy atom. The number of carbonyl (C=O) groups is 2. The van der Waals surface area contributed by atoms with Crippen molar-refractivity contribution in [2.24, 2.45) is 0 Å². The average molecular weight is 411 g/mol. The van der Waals surface area contributed by atoms with Crippen LogP contribution in [0.2, 0.25) is 0 Å². The zero-order chi connectivity index (χ0) is 20.4. The van der Waals surface area contributed by atoms with Crippen LogP contribution in [0.4, 0.5) is 5.82 Å². The Kier molecular flexibility index (Phi) is 5.39. The third-order valence-corrected chi connectivity index (χ3v) is 6.24. The molecule has 1 N–H and O–H groups in total. The van der Waals surface area contributed by atoms with Gasteiger partial charge in [-0.2, -0.15) is 0 Å². The van der Waals surface area contributed by atoms with Gasteiger partial charge in [0.05, 0.1) is 16.6 Å². The van der Waals surface area contributed by atoms with E-state index in [1.54, 1.807) is 36.2 Å². The topological polar surface area (TPSA) is 97.2 Å². The summed E-state index contributed by atoms with van der Waals surface area (Å²) in [6.45, 7) is 3.16. The number of hydrogen-bond acceptors (Lipinski definition) is 6. The Morgan fingerprint density at radius 3 is 2.69 bits per heavy atom. The van der Waals surface area contributed by atoms with Crippen molar-refractivity contribution < 1.29 is 9.59 Å². The van der Waals surface area contributed by atoms with E-state index < -0.39 is 0 Å². The molecule has 1 saturated heterocycles. The summed E-state index contributed by atoms with van der Waals surface area (Å²) in [5, 5.41) is 3.12.